The highest BCUT2D eigenvalue weighted by atomic mass is 35.5. The van der Waals surface area contributed by atoms with Crippen LogP contribution in [0.15, 0.2) is 18.2 Å². The van der Waals surface area contributed by atoms with E-state index in [1.54, 1.807) is 0 Å². The van der Waals surface area contributed by atoms with Crippen LogP contribution in [0, 0.1) is 0 Å². The molecule has 3 heteroatoms. The minimum Gasteiger partial charge on any atom is -0.492 e. The Balaban J connectivity index is 2.90. The van der Waals surface area contributed by atoms with E-state index >= 15 is 0 Å². The van der Waals surface area contributed by atoms with Gasteiger partial charge in [-0.2, -0.15) is 0 Å². The SMILES string of the molecule is CC(C)c1cc(Cl)ccc1OCCN. The van der Waals surface area contributed by atoms with Crippen LogP contribution < -0.4 is 10.5 Å². The summed E-state index contributed by atoms with van der Waals surface area (Å²) in [6.07, 6.45) is 0. The van der Waals surface area contributed by atoms with Crippen molar-refractivity contribution in [3.63, 3.8) is 0 Å². The largest absolute Gasteiger partial charge is 0.492 e. The molecule has 0 aliphatic heterocycles. The Hall–Kier alpha value is -0.730. The molecule has 0 unspecified atom stereocenters. The van der Waals surface area contributed by atoms with Gasteiger partial charge in [0.25, 0.3) is 0 Å². The summed E-state index contributed by atoms with van der Waals surface area (Å²) in [5.41, 5.74) is 6.51. The van der Waals surface area contributed by atoms with Gasteiger partial charge in [0.2, 0.25) is 0 Å². The summed E-state index contributed by atoms with van der Waals surface area (Å²) in [6.45, 7) is 5.30. The molecule has 2 nitrogen and oxygen atoms in total. The topological polar surface area (TPSA) is 35.2 Å². The van der Waals surface area contributed by atoms with E-state index in [4.69, 9.17) is 22.1 Å². The van der Waals surface area contributed by atoms with Crippen molar-refractivity contribution in [2.75, 3.05) is 13.2 Å². The highest BCUT2D eigenvalue weighted by molar-refractivity contribution is 6.30. The minimum atomic E-state index is 0.404. The second-order valence-corrected chi connectivity index (χ2v) is 3.91. The maximum atomic E-state index is 5.91. The molecule has 1 rings (SSSR count). The van der Waals surface area contributed by atoms with Gasteiger partial charge >= 0.3 is 0 Å². The predicted octanol–water partition coefficient (Wildman–Crippen LogP) is 2.80. The van der Waals surface area contributed by atoms with Crippen LogP contribution in [-0.4, -0.2) is 13.2 Å². The Morgan fingerprint density at radius 3 is 2.71 bits per heavy atom. The van der Waals surface area contributed by atoms with Crippen molar-refractivity contribution in [3.05, 3.63) is 28.8 Å². The van der Waals surface area contributed by atoms with E-state index in [0.29, 0.717) is 19.1 Å². The van der Waals surface area contributed by atoms with Gasteiger partial charge in [0.05, 0.1) is 0 Å². The lowest BCUT2D eigenvalue weighted by molar-refractivity contribution is 0.323. The molecule has 0 aromatic heterocycles. The van der Waals surface area contributed by atoms with Crippen LogP contribution in [-0.2, 0) is 0 Å². The van der Waals surface area contributed by atoms with E-state index in [-0.39, 0.29) is 0 Å². The monoisotopic (exact) mass is 213 g/mol. The molecule has 1 aromatic carbocycles. The van der Waals surface area contributed by atoms with E-state index in [0.717, 1.165) is 16.3 Å². The molecule has 0 bridgehead atoms. The van der Waals surface area contributed by atoms with E-state index < -0.39 is 0 Å². The Kier molecular flexibility index (Phi) is 4.23. The second-order valence-electron chi connectivity index (χ2n) is 3.47. The molecule has 0 aliphatic carbocycles. The Bertz CT molecular complexity index is 299. The average Bonchev–Trinajstić information content (AvgIpc) is 2.15. The molecule has 0 aliphatic rings. The Labute approximate surface area is 90.0 Å². The molecule has 0 heterocycles. The standard InChI is InChI=1S/C11H16ClNO/c1-8(2)10-7-9(12)3-4-11(10)14-6-5-13/h3-4,7-8H,5-6,13H2,1-2H3. The van der Waals surface area contributed by atoms with Crippen molar-refractivity contribution >= 4 is 11.6 Å². The smallest absolute Gasteiger partial charge is 0.122 e. The molecule has 0 spiro atoms. The zero-order valence-corrected chi connectivity index (χ0v) is 9.34. The Morgan fingerprint density at radius 1 is 1.43 bits per heavy atom. The number of nitrogens with two attached hydrogens (primary N) is 1. The molecule has 1 aromatic rings. The van der Waals surface area contributed by atoms with Gasteiger partial charge in [0, 0.05) is 11.6 Å². The van der Waals surface area contributed by atoms with Crippen molar-refractivity contribution < 1.29 is 4.74 Å². The second kappa shape index (κ2) is 5.23. The molecule has 0 radical (unpaired) electrons. The molecule has 14 heavy (non-hydrogen) atoms. The quantitative estimate of drug-likeness (QED) is 0.835. The first kappa shape index (κ1) is 11.3. The summed E-state index contributed by atoms with van der Waals surface area (Å²) in [5.74, 6) is 1.29. The van der Waals surface area contributed by atoms with Crippen LogP contribution in [0.5, 0.6) is 5.75 Å². The fraction of sp³-hybridized carbons (Fsp3) is 0.455. The lowest BCUT2D eigenvalue weighted by Gasteiger charge is -2.13. The summed E-state index contributed by atoms with van der Waals surface area (Å²) in [7, 11) is 0. The van der Waals surface area contributed by atoms with Gasteiger partial charge in [-0.25, -0.2) is 0 Å². The van der Waals surface area contributed by atoms with E-state index in [1.165, 1.54) is 0 Å². The van der Waals surface area contributed by atoms with Gasteiger partial charge in [-0.3, -0.25) is 0 Å². The molecule has 0 saturated heterocycles. The van der Waals surface area contributed by atoms with Gasteiger partial charge in [0.1, 0.15) is 12.4 Å². The zero-order valence-electron chi connectivity index (χ0n) is 8.59. The first-order valence-corrected chi connectivity index (χ1v) is 5.15. The lowest BCUT2D eigenvalue weighted by Crippen LogP contribution is -2.11. The number of hydrogen-bond acceptors (Lipinski definition) is 2. The third-order valence-electron chi connectivity index (χ3n) is 1.97. The number of benzene rings is 1. The molecule has 0 atom stereocenters. The van der Waals surface area contributed by atoms with Crippen LogP contribution in [0.1, 0.15) is 25.3 Å². The molecule has 0 amide bonds. The van der Waals surface area contributed by atoms with Gasteiger partial charge in [-0.1, -0.05) is 25.4 Å². The fourth-order valence-corrected chi connectivity index (χ4v) is 1.45. The molecule has 78 valence electrons. The molecular formula is C11H16ClNO. The third kappa shape index (κ3) is 2.89. The fourth-order valence-electron chi connectivity index (χ4n) is 1.27. The summed E-state index contributed by atoms with van der Waals surface area (Å²) in [5, 5.41) is 0.744. The van der Waals surface area contributed by atoms with E-state index in [2.05, 4.69) is 13.8 Å². The maximum Gasteiger partial charge on any atom is 0.122 e. The van der Waals surface area contributed by atoms with Gasteiger partial charge in [0.15, 0.2) is 0 Å². The van der Waals surface area contributed by atoms with Crippen molar-refractivity contribution in [1.82, 2.24) is 0 Å². The number of rotatable bonds is 4. The predicted molar refractivity (Wildman–Crippen MR) is 60.1 cm³/mol. The Morgan fingerprint density at radius 2 is 2.14 bits per heavy atom. The van der Waals surface area contributed by atoms with Gasteiger partial charge < -0.3 is 10.5 Å². The van der Waals surface area contributed by atoms with Gasteiger partial charge in [-0.05, 0) is 29.7 Å². The summed E-state index contributed by atoms with van der Waals surface area (Å²) < 4.78 is 5.52. The van der Waals surface area contributed by atoms with Crippen LogP contribution >= 0.6 is 11.6 Å². The number of ether oxygens (including phenoxy) is 1. The van der Waals surface area contributed by atoms with Gasteiger partial charge in [-0.15, -0.1) is 0 Å². The summed E-state index contributed by atoms with van der Waals surface area (Å²) in [6, 6.07) is 5.67. The van der Waals surface area contributed by atoms with E-state index in [1.807, 2.05) is 18.2 Å². The van der Waals surface area contributed by atoms with Crippen LogP contribution in [0.2, 0.25) is 5.02 Å². The number of halogens is 1. The lowest BCUT2D eigenvalue weighted by atomic mass is 10.0. The summed E-state index contributed by atoms with van der Waals surface area (Å²) in [4.78, 5) is 0. The highest BCUT2D eigenvalue weighted by Crippen LogP contribution is 2.29. The normalized spacial score (nSPS) is 10.6. The summed E-state index contributed by atoms with van der Waals surface area (Å²) >= 11 is 5.91. The van der Waals surface area contributed by atoms with Crippen LogP contribution in [0.25, 0.3) is 0 Å². The zero-order chi connectivity index (χ0) is 10.6. The molecule has 2 N–H and O–H groups in total. The highest BCUT2D eigenvalue weighted by Gasteiger charge is 2.07. The first-order chi connectivity index (χ1) is 6.65. The van der Waals surface area contributed by atoms with Crippen molar-refractivity contribution in [1.29, 1.82) is 0 Å². The van der Waals surface area contributed by atoms with Crippen molar-refractivity contribution in [2.45, 2.75) is 19.8 Å². The number of hydrogen-bond donors (Lipinski definition) is 1. The minimum absolute atomic E-state index is 0.404. The molecular weight excluding hydrogens is 198 g/mol. The maximum absolute atomic E-state index is 5.91. The van der Waals surface area contributed by atoms with Crippen LogP contribution in [0.3, 0.4) is 0 Å². The molecule has 0 fully saturated rings. The first-order valence-electron chi connectivity index (χ1n) is 4.77. The third-order valence-corrected chi connectivity index (χ3v) is 2.20. The van der Waals surface area contributed by atoms with E-state index in [9.17, 15) is 0 Å². The van der Waals surface area contributed by atoms with Crippen LogP contribution in [0.4, 0.5) is 0 Å². The van der Waals surface area contributed by atoms with Crippen molar-refractivity contribution in [2.24, 2.45) is 5.73 Å². The average molecular weight is 214 g/mol. The van der Waals surface area contributed by atoms with Crippen molar-refractivity contribution in [3.8, 4) is 5.75 Å². The molecule has 0 saturated carbocycles.